The van der Waals surface area contributed by atoms with Crippen molar-refractivity contribution in [3.63, 3.8) is 0 Å². The van der Waals surface area contributed by atoms with Crippen LogP contribution >= 0.6 is 12.2 Å². The van der Waals surface area contributed by atoms with Gasteiger partial charge in [-0.1, -0.05) is 45.2 Å². The molecule has 0 aliphatic heterocycles. The monoisotopic (exact) mass is 339 g/mol. The van der Waals surface area contributed by atoms with Gasteiger partial charge in [-0.15, -0.1) is 0 Å². The molecule has 0 aromatic carbocycles. The van der Waals surface area contributed by atoms with Crippen LogP contribution < -0.4 is 10.6 Å². The van der Waals surface area contributed by atoms with Crippen LogP contribution in [-0.2, 0) is 5.41 Å². The first-order valence-corrected chi connectivity index (χ1v) is 8.94. The van der Waals surface area contributed by atoms with Crippen molar-refractivity contribution in [1.82, 2.24) is 10.5 Å². The number of anilines is 1. The molecule has 130 valence electrons. The maximum atomic E-state index is 9.73. The second kappa shape index (κ2) is 7.62. The number of nitrogens with one attached hydrogen (secondary N) is 2. The second-order valence-corrected chi connectivity index (χ2v) is 7.75. The maximum absolute atomic E-state index is 9.73. The van der Waals surface area contributed by atoms with Crippen LogP contribution in [0.25, 0.3) is 0 Å². The zero-order valence-electron chi connectivity index (χ0n) is 14.4. The molecule has 0 spiro atoms. The summed E-state index contributed by atoms with van der Waals surface area (Å²) >= 11 is 5.34. The molecule has 1 fully saturated rings. The first-order chi connectivity index (χ1) is 10.9. The maximum Gasteiger partial charge on any atom is 0.231 e. The first-order valence-electron chi connectivity index (χ1n) is 8.54. The van der Waals surface area contributed by atoms with Gasteiger partial charge in [-0.3, -0.25) is 0 Å². The summed E-state index contributed by atoms with van der Waals surface area (Å²) in [6, 6.07) is 1.90. The topological polar surface area (TPSA) is 70.3 Å². The lowest BCUT2D eigenvalue weighted by Gasteiger charge is -2.35. The van der Waals surface area contributed by atoms with Crippen molar-refractivity contribution in [2.75, 3.05) is 18.5 Å². The van der Waals surface area contributed by atoms with Gasteiger partial charge < -0.3 is 20.3 Å². The van der Waals surface area contributed by atoms with Crippen LogP contribution in [0.2, 0.25) is 0 Å². The van der Waals surface area contributed by atoms with E-state index in [1.54, 1.807) is 0 Å². The molecule has 5 nitrogen and oxygen atoms in total. The molecule has 1 aromatic heterocycles. The van der Waals surface area contributed by atoms with Crippen molar-refractivity contribution in [2.45, 2.75) is 64.7 Å². The molecule has 3 N–H and O–H groups in total. The van der Waals surface area contributed by atoms with Crippen LogP contribution in [0.15, 0.2) is 10.6 Å². The number of thiocarbonyl (C=S) groups is 1. The zero-order chi connectivity index (χ0) is 16.9. The Balaban J connectivity index is 1.87. The Labute approximate surface area is 144 Å². The van der Waals surface area contributed by atoms with Gasteiger partial charge in [0.1, 0.15) is 0 Å². The molecule has 1 saturated carbocycles. The Morgan fingerprint density at radius 1 is 1.39 bits per heavy atom. The minimum Gasteiger partial charge on any atom is -0.396 e. The van der Waals surface area contributed by atoms with E-state index in [-0.39, 0.29) is 17.4 Å². The average molecular weight is 340 g/mol. The van der Waals surface area contributed by atoms with Gasteiger partial charge in [0.2, 0.25) is 5.88 Å². The van der Waals surface area contributed by atoms with Gasteiger partial charge in [0, 0.05) is 23.4 Å². The molecule has 23 heavy (non-hydrogen) atoms. The quantitative estimate of drug-likeness (QED) is 0.688. The van der Waals surface area contributed by atoms with E-state index in [9.17, 15) is 5.11 Å². The Kier molecular flexibility index (Phi) is 6.03. The molecule has 0 unspecified atom stereocenters. The molecule has 1 aliphatic carbocycles. The van der Waals surface area contributed by atoms with Crippen LogP contribution in [0.4, 0.5) is 5.88 Å². The number of nitrogens with zero attached hydrogens (tertiary/aromatic N) is 1. The van der Waals surface area contributed by atoms with Crippen molar-refractivity contribution < 1.29 is 9.63 Å². The van der Waals surface area contributed by atoms with E-state index in [0.29, 0.717) is 17.5 Å². The molecule has 1 aromatic rings. The molecule has 0 bridgehead atoms. The van der Waals surface area contributed by atoms with E-state index in [4.69, 9.17) is 16.7 Å². The van der Waals surface area contributed by atoms with Gasteiger partial charge in [0.25, 0.3) is 0 Å². The third-order valence-corrected chi connectivity index (χ3v) is 5.44. The summed E-state index contributed by atoms with van der Waals surface area (Å²) in [5.74, 6) is 0.556. The number of aromatic nitrogens is 1. The molecule has 0 amide bonds. The highest BCUT2D eigenvalue weighted by Crippen LogP contribution is 2.35. The average Bonchev–Trinajstić information content (AvgIpc) is 3.03. The molecule has 2 rings (SSSR count). The summed E-state index contributed by atoms with van der Waals surface area (Å²) in [5.41, 5.74) is 0.867. The number of hydrogen-bond donors (Lipinski definition) is 3. The molecular weight excluding hydrogens is 310 g/mol. The van der Waals surface area contributed by atoms with Gasteiger partial charge in [-0.2, -0.15) is 0 Å². The van der Waals surface area contributed by atoms with Crippen LogP contribution in [0.1, 0.15) is 65.0 Å². The molecule has 0 saturated heterocycles. The van der Waals surface area contributed by atoms with Gasteiger partial charge in [0.05, 0.1) is 12.3 Å². The van der Waals surface area contributed by atoms with Crippen molar-refractivity contribution in [3.05, 3.63) is 11.8 Å². The molecule has 1 heterocycles. The van der Waals surface area contributed by atoms with Crippen LogP contribution in [0, 0.1) is 5.41 Å². The minimum atomic E-state index is -0.0409. The van der Waals surface area contributed by atoms with E-state index in [2.05, 4.69) is 36.6 Å². The molecule has 0 atom stereocenters. The number of aliphatic hydroxyl groups excluding tert-OH is 1. The summed E-state index contributed by atoms with van der Waals surface area (Å²) < 4.78 is 5.33. The molecule has 6 heteroatoms. The predicted molar refractivity (Wildman–Crippen MR) is 96.6 cm³/mol. The van der Waals surface area contributed by atoms with Gasteiger partial charge in [-0.05, 0) is 31.5 Å². The highest BCUT2D eigenvalue weighted by Gasteiger charge is 2.31. The Morgan fingerprint density at radius 3 is 2.70 bits per heavy atom. The smallest absolute Gasteiger partial charge is 0.231 e. The van der Waals surface area contributed by atoms with Gasteiger partial charge >= 0.3 is 0 Å². The van der Waals surface area contributed by atoms with Crippen molar-refractivity contribution >= 4 is 23.2 Å². The lowest BCUT2D eigenvalue weighted by molar-refractivity contribution is 0.0861. The molecule has 1 aliphatic rings. The van der Waals surface area contributed by atoms with E-state index in [1.807, 2.05) is 6.07 Å². The Bertz CT molecular complexity index is 522. The summed E-state index contributed by atoms with van der Waals surface area (Å²) in [4.78, 5) is 0. The van der Waals surface area contributed by atoms with E-state index in [0.717, 1.165) is 25.0 Å². The fourth-order valence-corrected chi connectivity index (χ4v) is 3.12. The third kappa shape index (κ3) is 4.67. The van der Waals surface area contributed by atoms with Crippen molar-refractivity contribution in [3.8, 4) is 0 Å². The fraction of sp³-hybridized carbons (Fsp3) is 0.765. The van der Waals surface area contributed by atoms with Crippen LogP contribution in [0.3, 0.4) is 0 Å². The lowest BCUT2D eigenvalue weighted by Crippen LogP contribution is -2.42. The second-order valence-electron chi connectivity index (χ2n) is 7.34. The molecular formula is C17H29N3O2S. The third-order valence-electron chi connectivity index (χ3n) is 5.20. The summed E-state index contributed by atoms with van der Waals surface area (Å²) in [6.45, 7) is 7.31. The Morgan fingerprint density at radius 2 is 2.09 bits per heavy atom. The van der Waals surface area contributed by atoms with Gasteiger partial charge in [0.15, 0.2) is 5.11 Å². The highest BCUT2D eigenvalue weighted by atomic mass is 32.1. The standard InChI is InChI=1S/C17H29N3O2S/c1-4-16(2,3)13-10-14(22-20-13)19-15(23)18-11-17(12-21)8-6-5-7-9-17/h10,21H,4-9,11-12H2,1-3H3,(H2,18,19,23). The Hall–Kier alpha value is -1.14. The number of rotatable bonds is 6. The van der Waals surface area contributed by atoms with Crippen LogP contribution in [-0.4, -0.2) is 28.5 Å². The summed E-state index contributed by atoms with van der Waals surface area (Å²) in [5, 5.41) is 20.6. The number of aliphatic hydroxyl groups is 1. The predicted octanol–water partition coefficient (Wildman–Crippen LogP) is 3.59. The normalized spacial score (nSPS) is 17.7. The van der Waals surface area contributed by atoms with E-state index >= 15 is 0 Å². The number of hydrogen-bond acceptors (Lipinski definition) is 4. The van der Waals surface area contributed by atoms with Crippen molar-refractivity contribution in [1.29, 1.82) is 0 Å². The van der Waals surface area contributed by atoms with E-state index in [1.165, 1.54) is 19.3 Å². The SMILES string of the molecule is CCC(C)(C)c1cc(NC(=S)NCC2(CO)CCCCC2)on1. The van der Waals surface area contributed by atoms with Gasteiger partial charge in [-0.25, -0.2) is 0 Å². The summed E-state index contributed by atoms with van der Waals surface area (Å²) in [6.07, 6.45) is 6.71. The zero-order valence-corrected chi connectivity index (χ0v) is 15.3. The van der Waals surface area contributed by atoms with E-state index < -0.39 is 0 Å². The largest absolute Gasteiger partial charge is 0.396 e. The minimum absolute atomic E-state index is 0.0124. The molecule has 0 radical (unpaired) electrons. The lowest BCUT2D eigenvalue weighted by atomic mass is 9.74. The van der Waals surface area contributed by atoms with Crippen LogP contribution in [0.5, 0.6) is 0 Å². The fourth-order valence-electron chi connectivity index (χ4n) is 2.95. The highest BCUT2D eigenvalue weighted by molar-refractivity contribution is 7.80. The van der Waals surface area contributed by atoms with Crippen molar-refractivity contribution in [2.24, 2.45) is 5.41 Å². The first kappa shape index (κ1) is 18.2. The summed E-state index contributed by atoms with van der Waals surface area (Å²) in [7, 11) is 0.